The molecule has 0 radical (unpaired) electrons. The van der Waals surface area contributed by atoms with Crippen LogP contribution in [-0.4, -0.2) is 21.5 Å². The number of nitrogens with zero attached hydrogens (tertiary/aromatic N) is 3. The van der Waals surface area contributed by atoms with Gasteiger partial charge in [0.25, 0.3) is 0 Å². The Kier molecular flexibility index (Phi) is 4.58. The number of nitrogens with one attached hydrogen (secondary N) is 1. The maximum atomic E-state index is 4.53. The van der Waals surface area contributed by atoms with E-state index in [1.165, 1.54) is 0 Å². The summed E-state index contributed by atoms with van der Waals surface area (Å²) in [6.07, 6.45) is 6.66. The molecule has 0 spiro atoms. The first-order valence-corrected chi connectivity index (χ1v) is 6.65. The average molecular weight is 256 g/mol. The van der Waals surface area contributed by atoms with Gasteiger partial charge in [-0.25, -0.2) is 9.97 Å². The SMILES string of the molecule is CCCNC(c1cncc(C)c1)c1ccnc(C)n1. The van der Waals surface area contributed by atoms with Gasteiger partial charge in [-0.3, -0.25) is 4.98 Å². The van der Waals surface area contributed by atoms with Gasteiger partial charge in [0.2, 0.25) is 0 Å². The molecule has 0 fully saturated rings. The first-order valence-electron chi connectivity index (χ1n) is 6.65. The lowest BCUT2D eigenvalue weighted by atomic mass is 10.0. The Hall–Kier alpha value is -1.81. The van der Waals surface area contributed by atoms with Gasteiger partial charge in [-0.05, 0) is 44.0 Å². The normalized spacial score (nSPS) is 12.4. The topological polar surface area (TPSA) is 50.7 Å². The molecule has 0 aliphatic carbocycles. The highest BCUT2D eigenvalue weighted by Gasteiger charge is 2.15. The van der Waals surface area contributed by atoms with E-state index in [9.17, 15) is 0 Å². The maximum Gasteiger partial charge on any atom is 0.125 e. The van der Waals surface area contributed by atoms with Crippen LogP contribution in [-0.2, 0) is 0 Å². The molecule has 0 bridgehead atoms. The molecule has 0 saturated carbocycles. The molecule has 0 aliphatic rings. The van der Waals surface area contributed by atoms with E-state index >= 15 is 0 Å². The molecule has 19 heavy (non-hydrogen) atoms. The molecule has 2 aromatic heterocycles. The van der Waals surface area contributed by atoms with E-state index < -0.39 is 0 Å². The Morgan fingerprint density at radius 3 is 2.79 bits per heavy atom. The summed E-state index contributed by atoms with van der Waals surface area (Å²) in [4.78, 5) is 13.0. The van der Waals surface area contributed by atoms with Crippen molar-refractivity contribution >= 4 is 0 Å². The molecule has 1 atom stereocenters. The molecular formula is C15H20N4. The van der Waals surface area contributed by atoms with Gasteiger partial charge < -0.3 is 5.32 Å². The van der Waals surface area contributed by atoms with Crippen LogP contribution in [0.3, 0.4) is 0 Å². The lowest BCUT2D eigenvalue weighted by molar-refractivity contribution is 0.581. The van der Waals surface area contributed by atoms with Crippen LogP contribution in [0.1, 0.15) is 42.0 Å². The lowest BCUT2D eigenvalue weighted by Crippen LogP contribution is -2.24. The van der Waals surface area contributed by atoms with Gasteiger partial charge in [0.15, 0.2) is 0 Å². The smallest absolute Gasteiger partial charge is 0.125 e. The summed E-state index contributed by atoms with van der Waals surface area (Å²) in [5.41, 5.74) is 3.30. The van der Waals surface area contributed by atoms with Crippen LogP contribution >= 0.6 is 0 Å². The monoisotopic (exact) mass is 256 g/mol. The molecule has 2 aromatic rings. The second kappa shape index (κ2) is 6.38. The maximum absolute atomic E-state index is 4.53. The molecule has 0 amide bonds. The van der Waals surface area contributed by atoms with E-state index in [4.69, 9.17) is 0 Å². The third-order valence-electron chi connectivity index (χ3n) is 2.92. The standard InChI is InChI=1S/C15H20N4/c1-4-6-18-15(13-8-11(2)9-16-10-13)14-5-7-17-12(3)19-14/h5,7-10,15,18H,4,6H2,1-3H3. The Labute approximate surface area is 114 Å². The highest BCUT2D eigenvalue weighted by molar-refractivity contribution is 5.27. The second-order valence-corrected chi connectivity index (χ2v) is 4.71. The third kappa shape index (κ3) is 3.58. The van der Waals surface area contributed by atoms with E-state index in [1.54, 1.807) is 0 Å². The van der Waals surface area contributed by atoms with E-state index in [1.807, 2.05) is 31.6 Å². The Morgan fingerprint density at radius 1 is 1.26 bits per heavy atom. The number of pyridine rings is 1. The van der Waals surface area contributed by atoms with E-state index in [2.05, 4.69) is 40.2 Å². The molecule has 0 aliphatic heterocycles. The molecule has 0 aromatic carbocycles. The van der Waals surface area contributed by atoms with Crippen molar-refractivity contribution in [3.05, 3.63) is 53.4 Å². The van der Waals surface area contributed by atoms with Crippen molar-refractivity contribution in [2.45, 2.75) is 33.2 Å². The summed E-state index contributed by atoms with van der Waals surface area (Å²) in [7, 11) is 0. The van der Waals surface area contributed by atoms with E-state index in [0.29, 0.717) is 0 Å². The predicted octanol–water partition coefficient (Wildman–Crippen LogP) is 2.58. The van der Waals surface area contributed by atoms with Gasteiger partial charge in [-0.15, -0.1) is 0 Å². The summed E-state index contributed by atoms with van der Waals surface area (Å²) in [6, 6.07) is 4.19. The van der Waals surface area contributed by atoms with Crippen molar-refractivity contribution in [2.75, 3.05) is 6.54 Å². The fourth-order valence-corrected chi connectivity index (χ4v) is 2.05. The van der Waals surface area contributed by atoms with Crippen LogP contribution in [0.2, 0.25) is 0 Å². The fraction of sp³-hybridized carbons (Fsp3) is 0.400. The molecule has 2 heterocycles. The van der Waals surface area contributed by atoms with Gasteiger partial charge in [-0.1, -0.05) is 13.0 Å². The summed E-state index contributed by atoms with van der Waals surface area (Å²) >= 11 is 0. The zero-order valence-corrected chi connectivity index (χ0v) is 11.7. The summed E-state index contributed by atoms with van der Waals surface area (Å²) in [5, 5.41) is 3.53. The van der Waals surface area contributed by atoms with Crippen molar-refractivity contribution in [2.24, 2.45) is 0 Å². The quantitative estimate of drug-likeness (QED) is 0.893. The van der Waals surface area contributed by atoms with Crippen molar-refractivity contribution < 1.29 is 0 Å². The Morgan fingerprint density at radius 2 is 2.11 bits per heavy atom. The zero-order valence-electron chi connectivity index (χ0n) is 11.7. The van der Waals surface area contributed by atoms with Crippen molar-refractivity contribution in [3.8, 4) is 0 Å². The largest absolute Gasteiger partial charge is 0.305 e. The molecule has 4 nitrogen and oxygen atoms in total. The summed E-state index contributed by atoms with van der Waals surface area (Å²) < 4.78 is 0. The van der Waals surface area contributed by atoms with Gasteiger partial charge in [0, 0.05) is 18.6 Å². The third-order valence-corrected chi connectivity index (χ3v) is 2.92. The highest BCUT2D eigenvalue weighted by Crippen LogP contribution is 2.20. The number of aryl methyl sites for hydroxylation is 2. The second-order valence-electron chi connectivity index (χ2n) is 4.71. The van der Waals surface area contributed by atoms with Crippen LogP contribution in [0.25, 0.3) is 0 Å². The van der Waals surface area contributed by atoms with Crippen LogP contribution in [0.15, 0.2) is 30.7 Å². The average Bonchev–Trinajstić information content (AvgIpc) is 2.39. The van der Waals surface area contributed by atoms with Crippen LogP contribution in [0.4, 0.5) is 0 Å². The molecule has 2 rings (SSSR count). The van der Waals surface area contributed by atoms with Crippen molar-refractivity contribution in [3.63, 3.8) is 0 Å². The minimum absolute atomic E-state index is 0.0778. The van der Waals surface area contributed by atoms with Crippen LogP contribution in [0, 0.1) is 13.8 Å². The van der Waals surface area contributed by atoms with Gasteiger partial charge in [0.1, 0.15) is 5.82 Å². The summed E-state index contributed by atoms with van der Waals surface area (Å²) in [6.45, 7) is 7.07. The molecule has 100 valence electrons. The number of hydrogen-bond donors (Lipinski definition) is 1. The van der Waals surface area contributed by atoms with Gasteiger partial charge in [0.05, 0.1) is 11.7 Å². The Balaban J connectivity index is 2.35. The zero-order chi connectivity index (χ0) is 13.7. The molecule has 4 heteroatoms. The van der Waals surface area contributed by atoms with Crippen LogP contribution < -0.4 is 5.32 Å². The number of rotatable bonds is 5. The van der Waals surface area contributed by atoms with E-state index in [0.717, 1.165) is 35.6 Å². The Bertz CT molecular complexity index is 494. The lowest BCUT2D eigenvalue weighted by Gasteiger charge is -2.18. The minimum Gasteiger partial charge on any atom is -0.305 e. The van der Waals surface area contributed by atoms with Crippen LogP contribution in [0.5, 0.6) is 0 Å². The molecule has 1 unspecified atom stereocenters. The first-order chi connectivity index (χ1) is 9.20. The minimum atomic E-state index is 0.0778. The molecule has 0 saturated heterocycles. The van der Waals surface area contributed by atoms with Gasteiger partial charge in [-0.2, -0.15) is 0 Å². The van der Waals surface area contributed by atoms with Gasteiger partial charge >= 0.3 is 0 Å². The molecule has 1 N–H and O–H groups in total. The number of hydrogen-bond acceptors (Lipinski definition) is 4. The fourth-order valence-electron chi connectivity index (χ4n) is 2.05. The first kappa shape index (κ1) is 13.6. The van der Waals surface area contributed by atoms with Crippen molar-refractivity contribution in [1.82, 2.24) is 20.3 Å². The predicted molar refractivity (Wildman–Crippen MR) is 75.9 cm³/mol. The number of aromatic nitrogens is 3. The van der Waals surface area contributed by atoms with E-state index in [-0.39, 0.29) is 6.04 Å². The molecular weight excluding hydrogens is 236 g/mol. The highest BCUT2D eigenvalue weighted by atomic mass is 15.0. The summed E-state index contributed by atoms with van der Waals surface area (Å²) in [5.74, 6) is 0.793. The van der Waals surface area contributed by atoms with Crippen molar-refractivity contribution in [1.29, 1.82) is 0 Å².